The summed E-state index contributed by atoms with van der Waals surface area (Å²) in [6, 6.07) is 3.13. The van der Waals surface area contributed by atoms with Crippen molar-refractivity contribution in [2.45, 2.75) is 6.04 Å². The molecule has 0 bridgehead atoms. The van der Waals surface area contributed by atoms with Crippen molar-refractivity contribution in [1.29, 1.82) is 0 Å². The largest absolute Gasteiger partial charge is 0.378 e. The van der Waals surface area contributed by atoms with Gasteiger partial charge in [0.2, 0.25) is 0 Å². The van der Waals surface area contributed by atoms with Crippen LogP contribution in [0.5, 0.6) is 0 Å². The molecule has 2 nitrogen and oxygen atoms in total. The van der Waals surface area contributed by atoms with Gasteiger partial charge < -0.3 is 10.1 Å². The van der Waals surface area contributed by atoms with Crippen molar-refractivity contribution in [3.05, 3.63) is 41.9 Å². The monoisotopic (exact) mass is 198 g/mol. The van der Waals surface area contributed by atoms with E-state index in [0.717, 1.165) is 12.1 Å². The average molecular weight is 198 g/mol. The number of morpholine rings is 1. The maximum Gasteiger partial charge on any atom is 0.128 e. The van der Waals surface area contributed by atoms with Gasteiger partial charge in [-0.3, -0.25) is 0 Å². The van der Waals surface area contributed by atoms with Gasteiger partial charge in [0.1, 0.15) is 11.6 Å². The molecule has 0 aromatic heterocycles. The topological polar surface area (TPSA) is 21.3 Å². The standard InChI is InChI=1S/C10H10F2NO/c11-7-1-2-9(12)8(5-7)10-6-14-4-3-13-10/h1-3,5,10,13H,4,6H2. The fourth-order valence-corrected chi connectivity index (χ4v) is 1.44. The molecule has 4 heteroatoms. The van der Waals surface area contributed by atoms with Gasteiger partial charge >= 0.3 is 0 Å². The summed E-state index contributed by atoms with van der Waals surface area (Å²) in [6.45, 7) is 2.54. The Morgan fingerprint density at radius 1 is 1.36 bits per heavy atom. The number of ether oxygens (including phenoxy) is 1. The lowest BCUT2D eigenvalue weighted by Gasteiger charge is -2.24. The van der Waals surface area contributed by atoms with Crippen LogP contribution in [-0.4, -0.2) is 13.2 Å². The number of halogens is 2. The van der Waals surface area contributed by atoms with Crippen LogP contribution in [0.1, 0.15) is 11.6 Å². The quantitative estimate of drug-likeness (QED) is 0.742. The second-order valence-electron chi connectivity index (χ2n) is 3.13. The molecule has 0 saturated carbocycles. The fraction of sp³-hybridized carbons (Fsp3) is 0.300. The van der Waals surface area contributed by atoms with Crippen LogP contribution in [0, 0.1) is 18.2 Å². The molecule has 75 valence electrons. The minimum absolute atomic E-state index is 0.292. The second kappa shape index (κ2) is 4.02. The minimum atomic E-state index is -0.436. The first-order chi connectivity index (χ1) is 6.77. The summed E-state index contributed by atoms with van der Waals surface area (Å²) in [7, 11) is 0. The predicted molar refractivity (Wildman–Crippen MR) is 47.4 cm³/mol. The predicted octanol–water partition coefficient (Wildman–Crippen LogP) is 1.79. The zero-order valence-electron chi connectivity index (χ0n) is 7.47. The van der Waals surface area contributed by atoms with E-state index in [2.05, 4.69) is 5.32 Å². The smallest absolute Gasteiger partial charge is 0.128 e. The normalized spacial score (nSPS) is 22.3. The van der Waals surface area contributed by atoms with E-state index < -0.39 is 11.6 Å². The Balaban J connectivity index is 2.24. The molecule has 1 N–H and O–H groups in total. The highest BCUT2D eigenvalue weighted by molar-refractivity contribution is 5.23. The fourth-order valence-electron chi connectivity index (χ4n) is 1.44. The Morgan fingerprint density at radius 3 is 2.93 bits per heavy atom. The van der Waals surface area contributed by atoms with Crippen molar-refractivity contribution in [2.24, 2.45) is 0 Å². The summed E-state index contributed by atoms with van der Waals surface area (Å²) in [4.78, 5) is 0. The SMILES string of the molecule is Fc1ccc(F)c(C2COC[CH]N2)c1. The van der Waals surface area contributed by atoms with Crippen LogP contribution in [0.25, 0.3) is 0 Å². The minimum Gasteiger partial charge on any atom is -0.378 e. The summed E-state index contributed by atoms with van der Waals surface area (Å²) in [5, 5.41) is 2.95. The van der Waals surface area contributed by atoms with Crippen LogP contribution in [-0.2, 0) is 4.74 Å². The molecule has 1 aromatic carbocycles. The van der Waals surface area contributed by atoms with Crippen molar-refractivity contribution in [1.82, 2.24) is 5.32 Å². The Hall–Kier alpha value is -1.00. The Kier molecular flexibility index (Phi) is 2.74. The van der Waals surface area contributed by atoms with Gasteiger partial charge in [-0.05, 0) is 18.2 Å². The van der Waals surface area contributed by atoms with Crippen LogP contribution >= 0.6 is 0 Å². The lowest BCUT2D eigenvalue weighted by molar-refractivity contribution is 0.0955. The molecule has 0 amide bonds. The van der Waals surface area contributed by atoms with Gasteiger partial charge in [-0.1, -0.05) is 0 Å². The van der Waals surface area contributed by atoms with Crippen molar-refractivity contribution < 1.29 is 13.5 Å². The third-order valence-electron chi connectivity index (χ3n) is 2.14. The molecule has 14 heavy (non-hydrogen) atoms. The van der Waals surface area contributed by atoms with Crippen molar-refractivity contribution in [3.63, 3.8) is 0 Å². The number of hydrogen-bond acceptors (Lipinski definition) is 2. The van der Waals surface area contributed by atoms with Crippen molar-refractivity contribution in [2.75, 3.05) is 13.2 Å². The number of nitrogens with one attached hydrogen (secondary N) is 1. The molecular weight excluding hydrogens is 188 g/mol. The van der Waals surface area contributed by atoms with Crippen molar-refractivity contribution >= 4 is 0 Å². The van der Waals surface area contributed by atoms with Crippen LogP contribution in [0.4, 0.5) is 8.78 Å². The van der Waals surface area contributed by atoms with E-state index in [9.17, 15) is 8.78 Å². The van der Waals surface area contributed by atoms with Gasteiger partial charge in [-0.15, -0.1) is 0 Å². The Bertz CT molecular complexity index is 324. The zero-order chi connectivity index (χ0) is 9.97. The first kappa shape index (κ1) is 9.55. The third kappa shape index (κ3) is 1.91. The van der Waals surface area contributed by atoms with Crippen LogP contribution < -0.4 is 5.32 Å². The lowest BCUT2D eigenvalue weighted by atomic mass is 10.1. The summed E-state index contributed by atoms with van der Waals surface area (Å²) < 4.78 is 31.3. The molecule has 1 aliphatic heterocycles. The number of benzene rings is 1. The van der Waals surface area contributed by atoms with E-state index in [1.165, 1.54) is 6.07 Å². The first-order valence-electron chi connectivity index (χ1n) is 4.38. The van der Waals surface area contributed by atoms with Crippen LogP contribution in [0.2, 0.25) is 0 Å². The van der Waals surface area contributed by atoms with E-state index in [1.807, 2.05) is 0 Å². The molecule has 1 radical (unpaired) electrons. The molecule has 1 aliphatic rings. The van der Waals surface area contributed by atoms with Gasteiger partial charge in [-0.2, -0.15) is 0 Å². The average Bonchev–Trinajstić information content (AvgIpc) is 2.23. The van der Waals surface area contributed by atoms with E-state index >= 15 is 0 Å². The zero-order valence-corrected chi connectivity index (χ0v) is 7.47. The molecule has 1 unspecified atom stereocenters. The first-order valence-corrected chi connectivity index (χ1v) is 4.38. The number of hydrogen-bond donors (Lipinski definition) is 1. The summed E-state index contributed by atoms with van der Waals surface area (Å²) in [6.07, 6.45) is 0. The van der Waals surface area contributed by atoms with Crippen LogP contribution in [0.15, 0.2) is 18.2 Å². The summed E-state index contributed by atoms with van der Waals surface area (Å²) in [5.41, 5.74) is 0.306. The second-order valence-corrected chi connectivity index (χ2v) is 3.13. The molecule has 0 spiro atoms. The van der Waals surface area contributed by atoms with Gasteiger partial charge in [-0.25, -0.2) is 8.78 Å². The maximum atomic E-state index is 13.3. The Labute approximate surface area is 80.9 Å². The molecule has 1 saturated heterocycles. The lowest BCUT2D eigenvalue weighted by Crippen LogP contribution is -2.31. The van der Waals surface area contributed by atoms with Gasteiger partial charge in [0.25, 0.3) is 0 Å². The third-order valence-corrected chi connectivity index (χ3v) is 2.14. The van der Waals surface area contributed by atoms with Gasteiger partial charge in [0.05, 0.1) is 19.3 Å². The maximum absolute atomic E-state index is 13.3. The molecule has 1 heterocycles. The van der Waals surface area contributed by atoms with Gasteiger partial charge in [0.15, 0.2) is 0 Å². The molecule has 2 rings (SSSR count). The molecule has 1 fully saturated rings. The highest BCUT2D eigenvalue weighted by Crippen LogP contribution is 2.20. The van der Waals surface area contributed by atoms with Gasteiger partial charge in [0, 0.05) is 12.1 Å². The molecular formula is C10H10F2NO. The van der Waals surface area contributed by atoms with Crippen molar-refractivity contribution in [3.8, 4) is 0 Å². The molecule has 0 aliphatic carbocycles. The summed E-state index contributed by atoms with van der Waals surface area (Å²) in [5.74, 6) is -0.850. The van der Waals surface area contributed by atoms with E-state index in [4.69, 9.17) is 4.74 Å². The van der Waals surface area contributed by atoms with E-state index in [-0.39, 0.29) is 6.04 Å². The van der Waals surface area contributed by atoms with Crippen LogP contribution in [0.3, 0.4) is 0 Å². The Morgan fingerprint density at radius 2 is 2.21 bits per heavy atom. The highest BCUT2D eigenvalue weighted by atomic mass is 19.1. The summed E-state index contributed by atoms with van der Waals surface area (Å²) >= 11 is 0. The molecule has 1 atom stereocenters. The highest BCUT2D eigenvalue weighted by Gasteiger charge is 2.19. The van der Waals surface area contributed by atoms with E-state index in [0.29, 0.717) is 18.8 Å². The van der Waals surface area contributed by atoms with E-state index in [1.54, 1.807) is 6.54 Å². The molecule has 1 aromatic rings. The number of rotatable bonds is 1.